The number of nitriles is 1. The highest BCUT2D eigenvalue weighted by atomic mass is 19.1. The molecule has 0 aliphatic carbocycles. The molecule has 0 aliphatic rings. The number of hydrogen-bond donors (Lipinski definition) is 1. The summed E-state index contributed by atoms with van der Waals surface area (Å²) in [7, 11) is 1.51. The molecule has 0 aliphatic heterocycles. The van der Waals surface area contributed by atoms with Gasteiger partial charge in [-0.1, -0.05) is 12.1 Å². The van der Waals surface area contributed by atoms with Crippen molar-refractivity contribution < 1.29 is 28.2 Å². The Morgan fingerprint density at radius 2 is 1.86 bits per heavy atom. The first-order valence-corrected chi connectivity index (χ1v) is 8.37. The van der Waals surface area contributed by atoms with Crippen LogP contribution in [0.15, 0.2) is 48.0 Å². The van der Waals surface area contributed by atoms with Gasteiger partial charge in [-0.2, -0.15) is 5.26 Å². The fourth-order valence-electron chi connectivity index (χ4n) is 2.31. The molecule has 29 heavy (non-hydrogen) atoms. The van der Waals surface area contributed by atoms with Crippen LogP contribution in [0.3, 0.4) is 0 Å². The zero-order valence-corrected chi connectivity index (χ0v) is 15.7. The van der Waals surface area contributed by atoms with Crippen molar-refractivity contribution in [3.05, 3.63) is 65.0 Å². The monoisotopic (exact) mass is 396 g/mol. The lowest BCUT2D eigenvalue weighted by molar-refractivity contribution is -0.137. The van der Waals surface area contributed by atoms with E-state index in [-0.39, 0.29) is 22.7 Å². The summed E-state index contributed by atoms with van der Waals surface area (Å²) < 4.78 is 23.9. The molecule has 2 rings (SSSR count). The smallest absolute Gasteiger partial charge is 0.349 e. The molecule has 1 N–H and O–H groups in total. The van der Waals surface area contributed by atoms with Crippen LogP contribution in [-0.4, -0.2) is 31.4 Å². The van der Waals surface area contributed by atoms with E-state index in [1.54, 1.807) is 30.3 Å². The molecular weight excluding hydrogens is 379 g/mol. The Kier molecular flexibility index (Phi) is 7.20. The third kappa shape index (κ3) is 6.01. The molecule has 0 saturated carbocycles. The largest absolute Gasteiger partial charge is 0.497 e. The van der Waals surface area contributed by atoms with Crippen molar-refractivity contribution in [3.63, 3.8) is 0 Å². The van der Waals surface area contributed by atoms with Crippen LogP contribution in [0.2, 0.25) is 0 Å². The van der Waals surface area contributed by atoms with Crippen LogP contribution < -0.4 is 10.1 Å². The lowest BCUT2D eigenvalue weighted by Crippen LogP contribution is -2.16. The highest BCUT2D eigenvalue weighted by Gasteiger charge is 2.17. The summed E-state index contributed by atoms with van der Waals surface area (Å²) in [5.74, 6) is -2.43. The number of esters is 1. The van der Waals surface area contributed by atoms with Crippen LogP contribution in [0.25, 0.3) is 6.08 Å². The average molecular weight is 396 g/mol. The van der Waals surface area contributed by atoms with Crippen molar-refractivity contribution >= 4 is 29.4 Å². The molecule has 8 heteroatoms. The number of hydrogen-bond acceptors (Lipinski definition) is 6. The van der Waals surface area contributed by atoms with Crippen LogP contribution in [0.1, 0.15) is 22.8 Å². The number of carbonyl (C=O) groups excluding carboxylic acids is 3. The maximum absolute atomic E-state index is 14.1. The van der Waals surface area contributed by atoms with E-state index in [2.05, 4.69) is 5.32 Å². The predicted octanol–water partition coefficient (Wildman–Crippen LogP) is 3.13. The number of Topliss-reactive ketones (excluding diaryl/α,β-unsaturated/α-hetero) is 1. The number of amides is 1. The molecule has 0 saturated heterocycles. The van der Waals surface area contributed by atoms with Crippen molar-refractivity contribution in [2.24, 2.45) is 0 Å². The maximum atomic E-state index is 14.1. The number of anilines is 1. The number of methoxy groups -OCH3 is 1. The van der Waals surface area contributed by atoms with Gasteiger partial charge >= 0.3 is 5.97 Å². The van der Waals surface area contributed by atoms with Crippen molar-refractivity contribution in [2.75, 3.05) is 19.0 Å². The molecule has 0 atom stereocenters. The van der Waals surface area contributed by atoms with Gasteiger partial charge in [-0.25, -0.2) is 9.18 Å². The minimum Gasteiger partial charge on any atom is -0.497 e. The SMILES string of the molecule is COc1ccc(/C=C(\C#N)C(=O)OCC(=O)c2ccc(NC(C)=O)cc2F)cc1. The maximum Gasteiger partial charge on any atom is 0.349 e. The van der Waals surface area contributed by atoms with E-state index in [1.807, 2.05) is 0 Å². The van der Waals surface area contributed by atoms with Gasteiger partial charge in [0.05, 0.1) is 12.7 Å². The predicted molar refractivity (Wildman–Crippen MR) is 103 cm³/mol. The van der Waals surface area contributed by atoms with Gasteiger partial charge in [0.25, 0.3) is 0 Å². The summed E-state index contributed by atoms with van der Waals surface area (Å²) in [5.41, 5.74) is 0.136. The van der Waals surface area contributed by atoms with Gasteiger partial charge in [0, 0.05) is 12.6 Å². The summed E-state index contributed by atoms with van der Waals surface area (Å²) in [6.45, 7) is 0.527. The molecule has 0 heterocycles. The molecule has 7 nitrogen and oxygen atoms in total. The number of benzene rings is 2. The Bertz CT molecular complexity index is 1010. The lowest BCUT2D eigenvalue weighted by Gasteiger charge is -2.07. The zero-order chi connectivity index (χ0) is 21.4. The highest BCUT2D eigenvalue weighted by Crippen LogP contribution is 2.17. The van der Waals surface area contributed by atoms with Crippen molar-refractivity contribution in [2.45, 2.75) is 6.92 Å². The zero-order valence-electron chi connectivity index (χ0n) is 15.7. The number of ketones is 1. The van der Waals surface area contributed by atoms with Crippen molar-refractivity contribution in [1.82, 2.24) is 0 Å². The molecule has 0 radical (unpaired) electrons. The molecule has 0 unspecified atom stereocenters. The van der Waals surface area contributed by atoms with Crippen LogP contribution in [0.4, 0.5) is 10.1 Å². The standard InChI is InChI=1S/C21H17FN2O5/c1-13(25)24-16-5-8-18(19(22)10-16)20(26)12-29-21(27)15(11-23)9-14-3-6-17(28-2)7-4-14/h3-10H,12H2,1-2H3,(H,24,25)/b15-9+. The summed E-state index contributed by atoms with van der Waals surface area (Å²) in [6, 6.07) is 11.8. The van der Waals surface area contributed by atoms with E-state index in [0.29, 0.717) is 11.3 Å². The molecule has 0 spiro atoms. The Hall–Kier alpha value is -3.99. The van der Waals surface area contributed by atoms with E-state index in [9.17, 15) is 18.8 Å². The summed E-state index contributed by atoms with van der Waals surface area (Å²) in [4.78, 5) is 35.2. The fraction of sp³-hybridized carbons (Fsp3) is 0.143. The Morgan fingerprint density at radius 1 is 1.17 bits per heavy atom. The lowest BCUT2D eigenvalue weighted by atomic mass is 10.1. The van der Waals surface area contributed by atoms with Gasteiger partial charge in [0.15, 0.2) is 6.61 Å². The molecule has 1 amide bonds. The van der Waals surface area contributed by atoms with Crippen LogP contribution in [0.5, 0.6) is 5.75 Å². The Morgan fingerprint density at radius 3 is 2.41 bits per heavy atom. The van der Waals surface area contributed by atoms with E-state index in [4.69, 9.17) is 14.7 Å². The Labute approximate surface area is 166 Å². The van der Waals surface area contributed by atoms with Gasteiger partial charge < -0.3 is 14.8 Å². The van der Waals surface area contributed by atoms with Crippen molar-refractivity contribution in [1.29, 1.82) is 5.26 Å². The summed E-state index contributed by atoms with van der Waals surface area (Å²) >= 11 is 0. The third-order valence-corrected chi connectivity index (χ3v) is 3.69. The fourth-order valence-corrected chi connectivity index (χ4v) is 2.31. The van der Waals surface area contributed by atoms with E-state index >= 15 is 0 Å². The number of rotatable bonds is 7. The second-order valence-corrected chi connectivity index (χ2v) is 5.82. The highest BCUT2D eigenvalue weighted by molar-refractivity contribution is 6.02. The first-order chi connectivity index (χ1) is 13.8. The van der Waals surface area contributed by atoms with Crippen LogP contribution in [-0.2, 0) is 14.3 Å². The van der Waals surface area contributed by atoms with Crippen molar-refractivity contribution in [3.8, 4) is 11.8 Å². The molecule has 0 bridgehead atoms. The first kappa shape index (κ1) is 21.3. The quantitative estimate of drug-likeness (QED) is 0.334. The molecule has 0 fully saturated rings. The molecular formula is C21H17FN2O5. The number of nitrogens with one attached hydrogen (secondary N) is 1. The second kappa shape index (κ2) is 9.80. The third-order valence-electron chi connectivity index (χ3n) is 3.69. The minimum atomic E-state index is -1.01. The van der Waals surface area contributed by atoms with Gasteiger partial charge in [-0.3, -0.25) is 9.59 Å². The molecule has 0 aromatic heterocycles. The number of ether oxygens (including phenoxy) is 2. The van der Waals surface area contributed by atoms with E-state index < -0.39 is 24.2 Å². The number of halogens is 1. The van der Waals surface area contributed by atoms with Gasteiger partial charge in [0.1, 0.15) is 23.2 Å². The molecule has 2 aromatic carbocycles. The average Bonchev–Trinajstić information content (AvgIpc) is 2.70. The van der Waals surface area contributed by atoms with E-state index in [0.717, 1.165) is 6.07 Å². The van der Waals surface area contributed by atoms with Gasteiger partial charge in [0.2, 0.25) is 11.7 Å². The first-order valence-electron chi connectivity index (χ1n) is 8.37. The van der Waals surface area contributed by atoms with Gasteiger partial charge in [-0.15, -0.1) is 0 Å². The van der Waals surface area contributed by atoms with E-state index in [1.165, 1.54) is 32.2 Å². The minimum absolute atomic E-state index is 0.192. The van der Waals surface area contributed by atoms with Gasteiger partial charge in [-0.05, 0) is 42.0 Å². The number of carbonyl (C=O) groups is 3. The normalized spacial score (nSPS) is 10.6. The van der Waals surface area contributed by atoms with Crippen LogP contribution >= 0.6 is 0 Å². The second-order valence-electron chi connectivity index (χ2n) is 5.82. The molecule has 2 aromatic rings. The summed E-state index contributed by atoms with van der Waals surface area (Å²) in [6.07, 6.45) is 1.30. The molecule has 148 valence electrons. The van der Waals surface area contributed by atoms with Crippen LogP contribution in [0, 0.1) is 17.1 Å². The summed E-state index contributed by atoms with van der Waals surface area (Å²) in [5, 5.41) is 11.6. The topological polar surface area (TPSA) is 105 Å². The Balaban J connectivity index is 2.04. The number of nitrogens with zero attached hydrogens (tertiary/aromatic N) is 1.